The number of hydrogen-bond acceptors (Lipinski definition) is 3. The zero-order valence-corrected chi connectivity index (χ0v) is 26.7. The van der Waals surface area contributed by atoms with Crippen LogP contribution in [0.15, 0.2) is 188 Å². The van der Waals surface area contributed by atoms with Crippen molar-refractivity contribution < 1.29 is 9.47 Å². The molecule has 0 atom stereocenters. The lowest BCUT2D eigenvalue weighted by Crippen LogP contribution is -2.10. The molecule has 0 radical (unpaired) electrons. The normalized spacial score (nSPS) is 11.6. The Hall–Kier alpha value is -6.58. The van der Waals surface area contributed by atoms with E-state index in [0.29, 0.717) is 11.5 Å². The summed E-state index contributed by atoms with van der Waals surface area (Å²) in [7, 11) is 0. The number of anilines is 3. The number of rotatable bonds is 6. The van der Waals surface area contributed by atoms with Crippen molar-refractivity contribution >= 4 is 27.8 Å². The third kappa shape index (κ3) is 5.48. The molecule has 0 saturated heterocycles. The van der Waals surface area contributed by atoms with E-state index in [9.17, 15) is 0 Å². The summed E-state index contributed by atoms with van der Waals surface area (Å²) in [6.07, 6.45) is 0. The fourth-order valence-corrected chi connectivity index (χ4v) is 6.70. The lowest BCUT2D eigenvalue weighted by molar-refractivity contribution is 0.439. The number of fused-ring (bicyclic) bond motifs is 1. The van der Waals surface area contributed by atoms with Gasteiger partial charge in [-0.3, -0.25) is 0 Å². The van der Waals surface area contributed by atoms with Gasteiger partial charge in [0.25, 0.3) is 0 Å². The fourth-order valence-electron chi connectivity index (χ4n) is 6.70. The highest BCUT2D eigenvalue weighted by Gasteiger charge is 2.22. The molecule has 8 aromatic carbocycles. The van der Waals surface area contributed by atoms with Crippen LogP contribution in [0.3, 0.4) is 0 Å². The van der Waals surface area contributed by atoms with Gasteiger partial charge in [0, 0.05) is 17.4 Å². The molecule has 3 heteroatoms. The van der Waals surface area contributed by atoms with Gasteiger partial charge in [-0.15, -0.1) is 0 Å². The maximum atomic E-state index is 6.65. The maximum absolute atomic E-state index is 6.65. The second-order valence-corrected chi connectivity index (χ2v) is 12.2. The van der Waals surface area contributed by atoms with E-state index in [0.717, 1.165) is 67.2 Å². The summed E-state index contributed by atoms with van der Waals surface area (Å²) < 4.78 is 13.1. The molecule has 0 saturated carbocycles. The van der Waals surface area contributed by atoms with Crippen LogP contribution in [0, 0.1) is 0 Å². The van der Waals surface area contributed by atoms with Gasteiger partial charge >= 0.3 is 0 Å². The Morgan fingerprint density at radius 2 is 0.776 bits per heavy atom. The van der Waals surface area contributed by atoms with Crippen molar-refractivity contribution in [2.24, 2.45) is 0 Å². The molecule has 0 unspecified atom stereocenters. The van der Waals surface area contributed by atoms with Gasteiger partial charge in [-0.05, 0) is 93.4 Å². The van der Waals surface area contributed by atoms with Crippen LogP contribution < -0.4 is 14.4 Å². The zero-order chi connectivity index (χ0) is 32.6. The van der Waals surface area contributed by atoms with E-state index in [-0.39, 0.29) is 0 Å². The first-order valence-electron chi connectivity index (χ1n) is 16.5. The molecule has 1 heterocycles. The van der Waals surface area contributed by atoms with Gasteiger partial charge in [-0.2, -0.15) is 0 Å². The highest BCUT2D eigenvalue weighted by atomic mass is 16.5. The van der Waals surface area contributed by atoms with Crippen molar-refractivity contribution in [1.29, 1.82) is 0 Å². The minimum atomic E-state index is 0.662. The second-order valence-electron chi connectivity index (χ2n) is 12.2. The first-order chi connectivity index (χ1) is 24.3. The van der Waals surface area contributed by atoms with Crippen LogP contribution in [-0.4, -0.2) is 0 Å². The van der Waals surface area contributed by atoms with Crippen molar-refractivity contribution in [2.45, 2.75) is 0 Å². The van der Waals surface area contributed by atoms with Gasteiger partial charge < -0.3 is 14.4 Å². The Balaban J connectivity index is 1.23. The Kier molecular flexibility index (Phi) is 7.14. The smallest absolute Gasteiger partial charge is 0.172 e. The van der Waals surface area contributed by atoms with Crippen LogP contribution in [0.2, 0.25) is 0 Å². The Labute approximate surface area is 285 Å². The van der Waals surface area contributed by atoms with Crippen LogP contribution in [-0.2, 0) is 0 Å². The lowest BCUT2D eigenvalue weighted by Gasteiger charge is -2.27. The summed E-state index contributed by atoms with van der Waals surface area (Å²) >= 11 is 0. The van der Waals surface area contributed by atoms with Gasteiger partial charge in [0.2, 0.25) is 0 Å². The van der Waals surface area contributed by atoms with Gasteiger partial charge in [0.05, 0.1) is 11.1 Å². The maximum Gasteiger partial charge on any atom is 0.172 e. The molecule has 0 aromatic heterocycles. The highest BCUT2D eigenvalue weighted by Crippen LogP contribution is 2.48. The SMILES string of the molecule is c1ccc(-c2ccc(N(c3cc(-c4ccccc4)cc(-c4ccccc4)c3)c3ccc4c(c3)Oc3cccc5cccc(c35)O4)cc2)cc1. The van der Waals surface area contributed by atoms with Crippen molar-refractivity contribution in [2.75, 3.05) is 4.90 Å². The van der Waals surface area contributed by atoms with Crippen LogP contribution in [0.4, 0.5) is 17.1 Å². The van der Waals surface area contributed by atoms with E-state index in [1.807, 2.05) is 36.4 Å². The summed E-state index contributed by atoms with van der Waals surface area (Å²) in [5.41, 5.74) is 9.96. The third-order valence-electron chi connectivity index (χ3n) is 9.08. The number of benzene rings is 8. The van der Waals surface area contributed by atoms with Crippen LogP contribution in [0.1, 0.15) is 0 Å². The number of hydrogen-bond donors (Lipinski definition) is 0. The van der Waals surface area contributed by atoms with Crippen molar-refractivity contribution in [1.82, 2.24) is 0 Å². The first-order valence-corrected chi connectivity index (χ1v) is 16.5. The standard InChI is InChI=1S/C46H31NO2/c1-4-12-32(13-5-1)35-22-24-39(25-23-35)47(41-29-37(33-14-6-2-7-15-33)28-38(30-41)34-16-8-3-9-17-34)40-26-27-42-45(31-40)49-44-21-11-19-36-18-10-20-43(48-42)46(36)44/h1-31H. The minimum Gasteiger partial charge on any atom is -0.453 e. The molecular formula is C46H31NO2. The predicted molar refractivity (Wildman–Crippen MR) is 202 cm³/mol. The molecule has 0 amide bonds. The topological polar surface area (TPSA) is 21.7 Å². The molecule has 1 aliphatic rings. The first kappa shape index (κ1) is 28.6. The van der Waals surface area contributed by atoms with Crippen LogP contribution in [0.5, 0.6) is 23.0 Å². The predicted octanol–water partition coefficient (Wildman–Crippen LogP) is 13.2. The van der Waals surface area contributed by atoms with Crippen LogP contribution in [0.25, 0.3) is 44.2 Å². The molecule has 49 heavy (non-hydrogen) atoms. The summed E-state index contributed by atoms with van der Waals surface area (Å²) in [6, 6.07) is 65.6. The lowest BCUT2D eigenvalue weighted by atomic mass is 9.97. The Bertz CT molecular complexity index is 2360. The molecule has 0 fully saturated rings. The van der Waals surface area contributed by atoms with E-state index in [2.05, 4.69) is 157 Å². The minimum absolute atomic E-state index is 0.662. The molecular weight excluding hydrogens is 599 g/mol. The molecule has 232 valence electrons. The van der Waals surface area contributed by atoms with E-state index < -0.39 is 0 Å². The van der Waals surface area contributed by atoms with Crippen molar-refractivity contribution in [3.8, 4) is 56.4 Å². The molecule has 9 rings (SSSR count). The quantitative estimate of drug-likeness (QED) is 0.183. The fraction of sp³-hybridized carbons (Fsp3) is 0. The van der Waals surface area contributed by atoms with Gasteiger partial charge in [-0.25, -0.2) is 0 Å². The number of nitrogens with zero attached hydrogens (tertiary/aromatic N) is 1. The van der Waals surface area contributed by atoms with E-state index in [4.69, 9.17) is 9.47 Å². The molecule has 0 bridgehead atoms. The van der Waals surface area contributed by atoms with E-state index in [1.165, 1.54) is 5.56 Å². The zero-order valence-electron chi connectivity index (χ0n) is 26.7. The van der Waals surface area contributed by atoms with Gasteiger partial charge in [0.15, 0.2) is 11.5 Å². The summed E-state index contributed by atoms with van der Waals surface area (Å²) in [5.74, 6) is 2.90. The third-order valence-corrected chi connectivity index (χ3v) is 9.08. The van der Waals surface area contributed by atoms with Gasteiger partial charge in [0.1, 0.15) is 11.5 Å². The van der Waals surface area contributed by atoms with Crippen molar-refractivity contribution in [3.05, 3.63) is 188 Å². The number of ether oxygens (including phenoxy) is 2. The van der Waals surface area contributed by atoms with Gasteiger partial charge in [-0.1, -0.05) is 127 Å². The molecule has 1 aliphatic heterocycles. The Morgan fingerprint density at radius 1 is 0.286 bits per heavy atom. The molecule has 0 spiro atoms. The highest BCUT2D eigenvalue weighted by molar-refractivity contribution is 5.95. The Morgan fingerprint density at radius 3 is 1.35 bits per heavy atom. The monoisotopic (exact) mass is 629 g/mol. The second kappa shape index (κ2) is 12.2. The van der Waals surface area contributed by atoms with Crippen LogP contribution >= 0.6 is 0 Å². The average molecular weight is 630 g/mol. The average Bonchev–Trinajstić information content (AvgIpc) is 3.33. The molecule has 3 nitrogen and oxygen atoms in total. The summed E-state index contributed by atoms with van der Waals surface area (Å²) in [4.78, 5) is 2.30. The summed E-state index contributed by atoms with van der Waals surface area (Å²) in [6.45, 7) is 0. The molecule has 0 aliphatic carbocycles. The summed E-state index contributed by atoms with van der Waals surface area (Å²) in [5, 5.41) is 2.05. The van der Waals surface area contributed by atoms with E-state index >= 15 is 0 Å². The molecule has 0 N–H and O–H groups in total. The van der Waals surface area contributed by atoms with Crippen molar-refractivity contribution in [3.63, 3.8) is 0 Å². The largest absolute Gasteiger partial charge is 0.453 e. The van der Waals surface area contributed by atoms with E-state index in [1.54, 1.807) is 0 Å². The molecule has 8 aromatic rings.